The van der Waals surface area contributed by atoms with Crippen LogP contribution in [0.4, 0.5) is 0 Å². The van der Waals surface area contributed by atoms with E-state index in [0.717, 1.165) is 50.1 Å². The number of carboxylic acids is 1. The number of ether oxygens (including phenoxy) is 1. The van der Waals surface area contributed by atoms with E-state index >= 15 is 0 Å². The molecular formula is C16H23NO3. The zero-order valence-corrected chi connectivity index (χ0v) is 12.0. The third-order valence-corrected chi connectivity index (χ3v) is 3.84. The molecule has 0 saturated carbocycles. The number of likely N-dealkylation sites (tertiary alicyclic amines) is 1. The average Bonchev–Trinajstić information content (AvgIpc) is 2.45. The monoisotopic (exact) mass is 277 g/mol. The van der Waals surface area contributed by atoms with Crippen LogP contribution in [0, 0.1) is 6.92 Å². The van der Waals surface area contributed by atoms with Crippen molar-refractivity contribution < 1.29 is 14.6 Å². The van der Waals surface area contributed by atoms with Crippen LogP contribution in [-0.2, 0) is 4.79 Å². The van der Waals surface area contributed by atoms with Gasteiger partial charge in [0.25, 0.3) is 0 Å². The van der Waals surface area contributed by atoms with E-state index in [4.69, 9.17) is 4.74 Å². The Kier molecular flexibility index (Phi) is 5.41. The van der Waals surface area contributed by atoms with Crippen LogP contribution < -0.4 is 4.74 Å². The molecule has 2 rings (SSSR count). The van der Waals surface area contributed by atoms with E-state index in [1.807, 2.05) is 31.2 Å². The molecule has 1 aliphatic rings. The number of benzene rings is 1. The second-order valence-corrected chi connectivity index (χ2v) is 5.35. The van der Waals surface area contributed by atoms with Crippen LogP contribution in [0.2, 0.25) is 0 Å². The van der Waals surface area contributed by atoms with Gasteiger partial charge in [-0.1, -0.05) is 24.6 Å². The first-order valence-electron chi connectivity index (χ1n) is 7.34. The van der Waals surface area contributed by atoms with Crippen molar-refractivity contribution in [2.45, 2.75) is 38.6 Å². The van der Waals surface area contributed by atoms with Gasteiger partial charge in [0, 0.05) is 6.54 Å². The van der Waals surface area contributed by atoms with Crippen molar-refractivity contribution in [2.24, 2.45) is 0 Å². The highest BCUT2D eigenvalue weighted by atomic mass is 16.5. The van der Waals surface area contributed by atoms with E-state index in [0.29, 0.717) is 6.61 Å². The SMILES string of the molecule is Cc1ccccc1OCCCN1CCCCC1C(=O)O. The molecule has 1 N–H and O–H groups in total. The third-order valence-electron chi connectivity index (χ3n) is 3.84. The molecule has 1 fully saturated rings. The van der Waals surface area contributed by atoms with Gasteiger partial charge in [-0.15, -0.1) is 0 Å². The Morgan fingerprint density at radius 2 is 2.20 bits per heavy atom. The molecule has 1 saturated heterocycles. The number of para-hydroxylation sites is 1. The molecular weight excluding hydrogens is 254 g/mol. The molecule has 110 valence electrons. The summed E-state index contributed by atoms with van der Waals surface area (Å²) in [5, 5.41) is 9.21. The molecule has 0 bridgehead atoms. The molecule has 4 nitrogen and oxygen atoms in total. The van der Waals surface area contributed by atoms with Crippen molar-refractivity contribution in [3.05, 3.63) is 29.8 Å². The molecule has 0 aromatic heterocycles. The van der Waals surface area contributed by atoms with Gasteiger partial charge in [0.2, 0.25) is 0 Å². The van der Waals surface area contributed by atoms with Gasteiger partial charge in [0.05, 0.1) is 6.61 Å². The lowest BCUT2D eigenvalue weighted by molar-refractivity contribution is -0.144. The molecule has 1 heterocycles. The normalized spacial score (nSPS) is 19.8. The Morgan fingerprint density at radius 3 is 2.95 bits per heavy atom. The van der Waals surface area contributed by atoms with Crippen molar-refractivity contribution >= 4 is 5.97 Å². The summed E-state index contributed by atoms with van der Waals surface area (Å²) in [6, 6.07) is 7.65. The van der Waals surface area contributed by atoms with E-state index in [1.54, 1.807) is 0 Å². The maximum atomic E-state index is 11.2. The maximum Gasteiger partial charge on any atom is 0.320 e. The number of nitrogens with zero attached hydrogens (tertiary/aromatic N) is 1. The van der Waals surface area contributed by atoms with E-state index in [1.165, 1.54) is 0 Å². The van der Waals surface area contributed by atoms with Gasteiger partial charge in [0.1, 0.15) is 11.8 Å². The molecule has 1 unspecified atom stereocenters. The Morgan fingerprint density at radius 1 is 1.40 bits per heavy atom. The first-order valence-corrected chi connectivity index (χ1v) is 7.34. The smallest absolute Gasteiger partial charge is 0.320 e. The highest BCUT2D eigenvalue weighted by molar-refractivity contribution is 5.73. The first-order chi connectivity index (χ1) is 9.68. The summed E-state index contributed by atoms with van der Waals surface area (Å²) >= 11 is 0. The quantitative estimate of drug-likeness (QED) is 0.812. The van der Waals surface area contributed by atoms with Gasteiger partial charge in [0.15, 0.2) is 0 Å². The van der Waals surface area contributed by atoms with Crippen LogP contribution in [0.1, 0.15) is 31.2 Å². The zero-order valence-electron chi connectivity index (χ0n) is 12.0. The molecule has 0 radical (unpaired) electrons. The summed E-state index contributed by atoms with van der Waals surface area (Å²) in [5.41, 5.74) is 1.13. The molecule has 0 amide bonds. The molecule has 20 heavy (non-hydrogen) atoms. The van der Waals surface area contributed by atoms with E-state index in [-0.39, 0.29) is 6.04 Å². The molecule has 4 heteroatoms. The molecule has 1 aromatic rings. The Labute approximate surface area is 120 Å². The standard InChI is InChI=1S/C16H23NO3/c1-13-7-2-3-9-15(13)20-12-6-11-17-10-5-4-8-14(17)16(18)19/h2-3,7,9,14H,4-6,8,10-12H2,1H3,(H,18,19). The lowest BCUT2D eigenvalue weighted by atomic mass is 10.0. The fourth-order valence-electron chi connectivity index (χ4n) is 2.71. The van der Waals surface area contributed by atoms with Crippen molar-refractivity contribution in [1.29, 1.82) is 0 Å². The largest absolute Gasteiger partial charge is 0.493 e. The van der Waals surface area contributed by atoms with E-state index in [2.05, 4.69) is 4.90 Å². The van der Waals surface area contributed by atoms with Crippen molar-refractivity contribution in [3.8, 4) is 5.75 Å². The van der Waals surface area contributed by atoms with Gasteiger partial charge >= 0.3 is 5.97 Å². The van der Waals surface area contributed by atoms with Gasteiger partial charge in [-0.2, -0.15) is 0 Å². The fraction of sp³-hybridized carbons (Fsp3) is 0.562. The predicted molar refractivity (Wildman–Crippen MR) is 78.1 cm³/mol. The van der Waals surface area contributed by atoms with Crippen LogP contribution in [0.15, 0.2) is 24.3 Å². The van der Waals surface area contributed by atoms with Crippen LogP contribution in [0.5, 0.6) is 5.75 Å². The lowest BCUT2D eigenvalue weighted by Gasteiger charge is -2.32. The van der Waals surface area contributed by atoms with Crippen molar-refractivity contribution in [3.63, 3.8) is 0 Å². The number of carbonyl (C=O) groups is 1. The number of aryl methyl sites for hydroxylation is 1. The predicted octanol–water partition coefficient (Wildman–Crippen LogP) is 2.70. The third kappa shape index (κ3) is 3.97. The van der Waals surface area contributed by atoms with Gasteiger partial charge in [-0.3, -0.25) is 9.69 Å². The van der Waals surface area contributed by atoms with Gasteiger partial charge in [-0.05, 0) is 44.4 Å². The number of piperidine rings is 1. The van der Waals surface area contributed by atoms with Crippen LogP contribution in [0.25, 0.3) is 0 Å². The number of rotatable bonds is 6. The first kappa shape index (κ1) is 14.9. The molecule has 0 aliphatic carbocycles. The minimum atomic E-state index is -0.690. The minimum Gasteiger partial charge on any atom is -0.493 e. The summed E-state index contributed by atoms with van der Waals surface area (Å²) in [5.74, 6) is 0.227. The summed E-state index contributed by atoms with van der Waals surface area (Å²) in [4.78, 5) is 13.3. The molecule has 1 atom stereocenters. The molecule has 1 aromatic carbocycles. The minimum absolute atomic E-state index is 0.304. The zero-order chi connectivity index (χ0) is 14.4. The van der Waals surface area contributed by atoms with Crippen LogP contribution in [0.3, 0.4) is 0 Å². The Hall–Kier alpha value is -1.55. The summed E-state index contributed by atoms with van der Waals surface area (Å²) in [7, 11) is 0. The van der Waals surface area contributed by atoms with Gasteiger partial charge in [-0.25, -0.2) is 0 Å². The Balaban J connectivity index is 1.75. The highest BCUT2D eigenvalue weighted by Gasteiger charge is 2.27. The van der Waals surface area contributed by atoms with E-state index in [9.17, 15) is 9.90 Å². The summed E-state index contributed by atoms with van der Waals surface area (Å²) < 4.78 is 5.75. The molecule has 1 aliphatic heterocycles. The lowest BCUT2D eigenvalue weighted by Crippen LogP contribution is -2.45. The second-order valence-electron chi connectivity index (χ2n) is 5.35. The summed E-state index contributed by atoms with van der Waals surface area (Å²) in [6.07, 6.45) is 3.75. The average molecular weight is 277 g/mol. The highest BCUT2D eigenvalue weighted by Crippen LogP contribution is 2.18. The fourth-order valence-corrected chi connectivity index (χ4v) is 2.71. The van der Waals surface area contributed by atoms with E-state index < -0.39 is 5.97 Å². The Bertz CT molecular complexity index is 447. The van der Waals surface area contributed by atoms with Crippen LogP contribution >= 0.6 is 0 Å². The summed E-state index contributed by atoms with van der Waals surface area (Å²) in [6.45, 7) is 4.35. The topological polar surface area (TPSA) is 49.8 Å². The number of hydrogen-bond donors (Lipinski definition) is 1. The van der Waals surface area contributed by atoms with Crippen molar-refractivity contribution in [2.75, 3.05) is 19.7 Å². The van der Waals surface area contributed by atoms with Crippen LogP contribution in [-0.4, -0.2) is 41.7 Å². The molecule has 0 spiro atoms. The number of aliphatic carboxylic acids is 1. The second kappa shape index (κ2) is 7.29. The van der Waals surface area contributed by atoms with Crippen molar-refractivity contribution in [1.82, 2.24) is 4.90 Å². The number of carboxylic acid groups (broad SMARTS) is 1. The van der Waals surface area contributed by atoms with Gasteiger partial charge < -0.3 is 9.84 Å². The maximum absolute atomic E-state index is 11.2. The number of hydrogen-bond acceptors (Lipinski definition) is 3.